The summed E-state index contributed by atoms with van der Waals surface area (Å²) in [6.45, 7) is 0.850. The van der Waals surface area contributed by atoms with E-state index >= 15 is 0 Å². The van der Waals surface area contributed by atoms with E-state index in [4.69, 9.17) is 9.47 Å². The molecule has 0 spiro atoms. The van der Waals surface area contributed by atoms with Crippen LogP contribution in [-0.2, 0) is 14.8 Å². The van der Waals surface area contributed by atoms with E-state index in [9.17, 15) is 12.8 Å². The highest BCUT2D eigenvalue weighted by molar-refractivity contribution is 7.89. The summed E-state index contributed by atoms with van der Waals surface area (Å²) in [7, 11) is -0.687. The maximum atomic E-state index is 13.4. The van der Waals surface area contributed by atoms with Gasteiger partial charge in [-0.2, -0.15) is 4.31 Å². The number of ether oxygens (including phenoxy) is 2. The Morgan fingerprint density at radius 2 is 2.00 bits per heavy atom. The van der Waals surface area contributed by atoms with Gasteiger partial charge in [0.2, 0.25) is 10.0 Å². The van der Waals surface area contributed by atoms with Gasteiger partial charge in [-0.15, -0.1) is 0 Å². The van der Waals surface area contributed by atoms with Crippen LogP contribution in [0.3, 0.4) is 0 Å². The number of rotatable bonds is 4. The summed E-state index contributed by atoms with van der Waals surface area (Å²) in [4.78, 5) is 0.0524. The molecule has 7 heteroatoms. The van der Waals surface area contributed by atoms with E-state index in [0.717, 1.165) is 18.9 Å². The molecule has 0 bridgehead atoms. The van der Waals surface area contributed by atoms with Gasteiger partial charge >= 0.3 is 0 Å². The lowest BCUT2D eigenvalue weighted by molar-refractivity contribution is 0.0916. The molecule has 0 amide bonds. The first kappa shape index (κ1) is 16.2. The fourth-order valence-corrected chi connectivity index (χ4v) is 3.97. The lowest BCUT2D eigenvalue weighted by Crippen LogP contribution is -2.32. The van der Waals surface area contributed by atoms with Gasteiger partial charge in [0.1, 0.15) is 0 Å². The minimum Gasteiger partial charge on any atom is -0.494 e. The molecule has 1 unspecified atom stereocenters. The largest absolute Gasteiger partial charge is 0.494 e. The normalized spacial score (nSPS) is 21.0. The Labute approximate surface area is 124 Å². The molecule has 0 N–H and O–H groups in total. The molecule has 1 aromatic rings. The van der Waals surface area contributed by atoms with Crippen molar-refractivity contribution in [1.82, 2.24) is 4.31 Å². The summed E-state index contributed by atoms with van der Waals surface area (Å²) in [6, 6.07) is 3.61. The van der Waals surface area contributed by atoms with Gasteiger partial charge in [0.05, 0.1) is 18.1 Å². The van der Waals surface area contributed by atoms with Crippen LogP contribution in [0.25, 0.3) is 0 Å². The van der Waals surface area contributed by atoms with Crippen molar-refractivity contribution in [3.05, 3.63) is 24.0 Å². The Morgan fingerprint density at radius 3 is 2.67 bits per heavy atom. The lowest BCUT2D eigenvalue weighted by atomic mass is 10.2. The van der Waals surface area contributed by atoms with Crippen LogP contribution in [0.4, 0.5) is 4.39 Å². The van der Waals surface area contributed by atoms with Crippen molar-refractivity contribution < 1.29 is 22.3 Å². The molecule has 1 fully saturated rings. The first-order valence-electron chi connectivity index (χ1n) is 6.85. The summed E-state index contributed by atoms with van der Waals surface area (Å²) in [5, 5.41) is 0. The number of hydrogen-bond acceptors (Lipinski definition) is 4. The molecule has 1 heterocycles. The number of halogens is 1. The monoisotopic (exact) mass is 317 g/mol. The highest BCUT2D eigenvalue weighted by Crippen LogP contribution is 2.26. The summed E-state index contributed by atoms with van der Waals surface area (Å²) in [5.74, 6) is -0.646. The van der Waals surface area contributed by atoms with Crippen LogP contribution in [0.1, 0.15) is 19.3 Å². The molecule has 21 heavy (non-hydrogen) atoms. The average molecular weight is 317 g/mol. The minimum absolute atomic E-state index is 0.0524. The predicted molar refractivity (Wildman–Crippen MR) is 76.4 cm³/mol. The van der Waals surface area contributed by atoms with Gasteiger partial charge < -0.3 is 9.47 Å². The molecule has 0 aliphatic carbocycles. The Bertz CT molecular complexity index is 591. The quantitative estimate of drug-likeness (QED) is 0.852. The van der Waals surface area contributed by atoms with Gasteiger partial charge in [0, 0.05) is 26.3 Å². The Balaban J connectivity index is 2.25. The third-order valence-corrected chi connectivity index (χ3v) is 5.62. The second-order valence-corrected chi connectivity index (χ2v) is 6.93. The Kier molecular flexibility index (Phi) is 5.18. The molecular weight excluding hydrogens is 297 g/mol. The maximum absolute atomic E-state index is 13.4. The third-order valence-electron chi connectivity index (χ3n) is 3.73. The van der Waals surface area contributed by atoms with Crippen molar-refractivity contribution in [2.45, 2.75) is 30.3 Å². The molecule has 1 aromatic carbocycles. The van der Waals surface area contributed by atoms with Crippen LogP contribution in [0, 0.1) is 5.82 Å². The fourth-order valence-electron chi connectivity index (χ4n) is 2.47. The molecule has 118 valence electrons. The second-order valence-electron chi connectivity index (χ2n) is 4.99. The summed E-state index contributed by atoms with van der Waals surface area (Å²) in [5.41, 5.74) is 0. The SMILES string of the molecule is COc1cc(S(=O)(=O)N2CCCC(OC)CC2)ccc1F. The molecule has 2 rings (SSSR count). The van der Waals surface area contributed by atoms with Crippen molar-refractivity contribution in [3.63, 3.8) is 0 Å². The molecule has 0 radical (unpaired) electrons. The van der Waals surface area contributed by atoms with Crippen molar-refractivity contribution >= 4 is 10.0 Å². The van der Waals surface area contributed by atoms with Crippen LogP contribution in [-0.4, -0.2) is 46.1 Å². The molecule has 0 aromatic heterocycles. The third kappa shape index (κ3) is 3.53. The average Bonchev–Trinajstić information content (AvgIpc) is 2.73. The van der Waals surface area contributed by atoms with E-state index < -0.39 is 15.8 Å². The fraction of sp³-hybridized carbons (Fsp3) is 0.571. The van der Waals surface area contributed by atoms with E-state index in [0.29, 0.717) is 19.5 Å². The molecule has 1 atom stereocenters. The predicted octanol–water partition coefficient (Wildman–Crippen LogP) is 2.02. The standard InChI is InChI=1S/C14H20FNO4S/c1-19-11-4-3-8-16(9-7-11)21(17,18)12-5-6-13(15)14(10-12)20-2/h5-6,10-11H,3-4,7-9H2,1-2H3. The zero-order chi connectivity index (χ0) is 15.5. The van der Waals surface area contributed by atoms with Crippen LogP contribution in [0.15, 0.2) is 23.1 Å². The van der Waals surface area contributed by atoms with Gasteiger partial charge in [-0.25, -0.2) is 12.8 Å². The van der Waals surface area contributed by atoms with E-state index in [-0.39, 0.29) is 16.7 Å². The maximum Gasteiger partial charge on any atom is 0.243 e. The van der Waals surface area contributed by atoms with Gasteiger partial charge in [-0.05, 0) is 31.4 Å². The first-order chi connectivity index (χ1) is 9.98. The number of hydrogen-bond donors (Lipinski definition) is 0. The van der Waals surface area contributed by atoms with Crippen molar-refractivity contribution in [2.75, 3.05) is 27.3 Å². The minimum atomic E-state index is -3.64. The highest BCUT2D eigenvalue weighted by atomic mass is 32.2. The van der Waals surface area contributed by atoms with E-state index in [1.807, 2.05) is 0 Å². The van der Waals surface area contributed by atoms with Crippen molar-refractivity contribution in [1.29, 1.82) is 0 Å². The first-order valence-corrected chi connectivity index (χ1v) is 8.29. The zero-order valence-electron chi connectivity index (χ0n) is 12.2. The number of benzene rings is 1. The summed E-state index contributed by atoms with van der Waals surface area (Å²) < 4.78 is 50.2. The highest BCUT2D eigenvalue weighted by Gasteiger charge is 2.28. The Morgan fingerprint density at radius 1 is 1.24 bits per heavy atom. The number of methoxy groups -OCH3 is 2. The van der Waals surface area contributed by atoms with Crippen LogP contribution < -0.4 is 4.74 Å². The van der Waals surface area contributed by atoms with Gasteiger partial charge in [0.25, 0.3) is 0 Å². The zero-order valence-corrected chi connectivity index (χ0v) is 13.0. The van der Waals surface area contributed by atoms with E-state index in [1.54, 1.807) is 7.11 Å². The Hall–Kier alpha value is -1.18. The van der Waals surface area contributed by atoms with Crippen LogP contribution in [0.5, 0.6) is 5.75 Å². The molecule has 1 aliphatic heterocycles. The molecule has 5 nitrogen and oxygen atoms in total. The summed E-state index contributed by atoms with van der Waals surface area (Å²) in [6.07, 6.45) is 2.34. The van der Waals surface area contributed by atoms with Crippen molar-refractivity contribution in [2.24, 2.45) is 0 Å². The second kappa shape index (κ2) is 6.72. The van der Waals surface area contributed by atoms with Crippen molar-refractivity contribution in [3.8, 4) is 5.75 Å². The van der Waals surface area contributed by atoms with Gasteiger partial charge in [0.15, 0.2) is 11.6 Å². The summed E-state index contributed by atoms with van der Waals surface area (Å²) >= 11 is 0. The van der Waals surface area contributed by atoms with E-state index in [2.05, 4.69) is 0 Å². The molecule has 1 saturated heterocycles. The lowest BCUT2D eigenvalue weighted by Gasteiger charge is -2.20. The van der Waals surface area contributed by atoms with E-state index in [1.165, 1.54) is 23.5 Å². The van der Waals surface area contributed by atoms with Crippen LogP contribution in [0.2, 0.25) is 0 Å². The van der Waals surface area contributed by atoms with Gasteiger partial charge in [-0.1, -0.05) is 0 Å². The topological polar surface area (TPSA) is 55.8 Å². The van der Waals surface area contributed by atoms with Gasteiger partial charge in [-0.3, -0.25) is 0 Å². The molecule has 0 saturated carbocycles. The number of nitrogens with zero attached hydrogens (tertiary/aromatic N) is 1. The number of sulfonamides is 1. The smallest absolute Gasteiger partial charge is 0.243 e. The molecular formula is C14H20FNO4S. The van der Waals surface area contributed by atoms with Crippen LogP contribution >= 0.6 is 0 Å². The molecule has 1 aliphatic rings.